The van der Waals surface area contributed by atoms with E-state index in [4.69, 9.17) is 0 Å². The normalized spacial score (nSPS) is 10.3. The van der Waals surface area contributed by atoms with Gasteiger partial charge in [0.2, 0.25) is 5.91 Å². The minimum atomic E-state index is 0.0101. The standard InChI is InChI=1S/C18H22N2O/c1-13-5-6-15(11-14(13)2)12-18(21)19-16-7-9-17(10-8-16)20(3)4/h5-11H,12H2,1-4H3,(H,19,21). The SMILES string of the molecule is Cc1ccc(CC(=O)Nc2ccc(N(C)C)cc2)cc1C. The molecule has 2 aromatic carbocycles. The van der Waals surface area contributed by atoms with E-state index in [1.807, 2.05) is 49.3 Å². The third-order valence-electron chi connectivity index (χ3n) is 3.60. The van der Waals surface area contributed by atoms with Gasteiger partial charge in [0.15, 0.2) is 0 Å². The van der Waals surface area contributed by atoms with Gasteiger partial charge in [0.1, 0.15) is 0 Å². The van der Waals surface area contributed by atoms with Crippen molar-refractivity contribution in [1.29, 1.82) is 0 Å². The van der Waals surface area contributed by atoms with Gasteiger partial charge in [-0.1, -0.05) is 18.2 Å². The molecule has 0 spiro atoms. The summed E-state index contributed by atoms with van der Waals surface area (Å²) in [4.78, 5) is 14.1. The number of hydrogen-bond acceptors (Lipinski definition) is 2. The lowest BCUT2D eigenvalue weighted by molar-refractivity contribution is -0.115. The molecule has 110 valence electrons. The van der Waals surface area contributed by atoms with Crippen LogP contribution in [0.5, 0.6) is 0 Å². The Balaban J connectivity index is 1.99. The molecule has 0 aliphatic carbocycles. The Labute approximate surface area is 126 Å². The van der Waals surface area contributed by atoms with Gasteiger partial charge in [-0.2, -0.15) is 0 Å². The maximum Gasteiger partial charge on any atom is 0.228 e. The summed E-state index contributed by atoms with van der Waals surface area (Å²) < 4.78 is 0. The van der Waals surface area contributed by atoms with Crippen molar-refractivity contribution >= 4 is 17.3 Å². The average molecular weight is 282 g/mol. The lowest BCUT2D eigenvalue weighted by Gasteiger charge is -2.13. The summed E-state index contributed by atoms with van der Waals surface area (Å²) in [6.45, 7) is 4.14. The van der Waals surface area contributed by atoms with Gasteiger partial charge < -0.3 is 10.2 Å². The van der Waals surface area contributed by atoms with Crippen molar-refractivity contribution in [3.8, 4) is 0 Å². The third-order valence-corrected chi connectivity index (χ3v) is 3.60. The lowest BCUT2D eigenvalue weighted by Crippen LogP contribution is -2.15. The Morgan fingerprint density at radius 1 is 1.00 bits per heavy atom. The lowest BCUT2D eigenvalue weighted by atomic mass is 10.0. The summed E-state index contributed by atoms with van der Waals surface area (Å²) in [5.41, 5.74) is 5.45. The Kier molecular flexibility index (Phi) is 4.63. The minimum absolute atomic E-state index is 0.0101. The topological polar surface area (TPSA) is 32.3 Å². The predicted molar refractivity (Wildman–Crippen MR) is 89.0 cm³/mol. The summed E-state index contributed by atoms with van der Waals surface area (Å²) in [5.74, 6) is 0.0101. The number of anilines is 2. The van der Waals surface area contributed by atoms with Gasteiger partial charge in [-0.3, -0.25) is 4.79 Å². The second kappa shape index (κ2) is 6.44. The van der Waals surface area contributed by atoms with Crippen molar-refractivity contribution in [3.05, 3.63) is 59.2 Å². The highest BCUT2D eigenvalue weighted by Crippen LogP contribution is 2.16. The molecular weight excluding hydrogens is 260 g/mol. The summed E-state index contributed by atoms with van der Waals surface area (Å²) >= 11 is 0. The third kappa shape index (κ3) is 4.09. The van der Waals surface area contributed by atoms with E-state index in [1.54, 1.807) is 0 Å². The van der Waals surface area contributed by atoms with Crippen LogP contribution < -0.4 is 10.2 Å². The maximum atomic E-state index is 12.1. The number of carbonyl (C=O) groups excluding carboxylic acids is 1. The number of carbonyl (C=O) groups is 1. The molecule has 2 aromatic rings. The van der Waals surface area contributed by atoms with E-state index in [-0.39, 0.29) is 5.91 Å². The number of benzene rings is 2. The molecule has 0 saturated heterocycles. The Hall–Kier alpha value is -2.29. The van der Waals surface area contributed by atoms with Crippen molar-refractivity contribution in [3.63, 3.8) is 0 Å². The predicted octanol–water partition coefficient (Wildman–Crippen LogP) is 3.55. The molecule has 0 unspecified atom stereocenters. The smallest absolute Gasteiger partial charge is 0.228 e. The molecule has 0 aliphatic rings. The van der Waals surface area contributed by atoms with Crippen LogP contribution in [0.2, 0.25) is 0 Å². The molecule has 3 heteroatoms. The molecule has 1 N–H and O–H groups in total. The summed E-state index contributed by atoms with van der Waals surface area (Å²) in [6.07, 6.45) is 0.399. The summed E-state index contributed by atoms with van der Waals surface area (Å²) in [6, 6.07) is 14.0. The van der Waals surface area contributed by atoms with Crippen molar-refractivity contribution in [1.82, 2.24) is 0 Å². The van der Waals surface area contributed by atoms with Crippen LogP contribution in [-0.4, -0.2) is 20.0 Å². The average Bonchev–Trinajstić information content (AvgIpc) is 2.43. The van der Waals surface area contributed by atoms with E-state index in [0.29, 0.717) is 6.42 Å². The molecule has 0 radical (unpaired) electrons. The second-order valence-electron chi connectivity index (χ2n) is 5.58. The van der Waals surface area contributed by atoms with E-state index in [0.717, 1.165) is 16.9 Å². The maximum absolute atomic E-state index is 12.1. The van der Waals surface area contributed by atoms with Crippen molar-refractivity contribution in [2.24, 2.45) is 0 Å². The second-order valence-corrected chi connectivity index (χ2v) is 5.58. The number of rotatable bonds is 4. The van der Waals surface area contributed by atoms with Gasteiger partial charge in [-0.25, -0.2) is 0 Å². The zero-order chi connectivity index (χ0) is 15.4. The van der Waals surface area contributed by atoms with Crippen LogP contribution >= 0.6 is 0 Å². The van der Waals surface area contributed by atoms with Crippen LogP contribution in [0.3, 0.4) is 0 Å². The van der Waals surface area contributed by atoms with E-state index >= 15 is 0 Å². The fourth-order valence-corrected chi connectivity index (χ4v) is 2.15. The molecule has 21 heavy (non-hydrogen) atoms. The largest absolute Gasteiger partial charge is 0.378 e. The van der Waals surface area contributed by atoms with Gasteiger partial charge in [-0.15, -0.1) is 0 Å². The summed E-state index contributed by atoms with van der Waals surface area (Å²) in [7, 11) is 3.99. The quantitative estimate of drug-likeness (QED) is 0.930. The molecule has 0 heterocycles. The molecule has 1 amide bonds. The van der Waals surface area contributed by atoms with Crippen LogP contribution in [0, 0.1) is 13.8 Å². The Morgan fingerprint density at radius 2 is 1.67 bits per heavy atom. The molecule has 0 saturated carbocycles. The highest BCUT2D eigenvalue weighted by molar-refractivity contribution is 5.92. The molecule has 2 rings (SSSR count). The van der Waals surface area contributed by atoms with Crippen LogP contribution in [0.25, 0.3) is 0 Å². The van der Waals surface area contributed by atoms with Crippen molar-refractivity contribution in [2.45, 2.75) is 20.3 Å². The molecule has 0 bridgehead atoms. The van der Waals surface area contributed by atoms with E-state index in [9.17, 15) is 4.79 Å². The minimum Gasteiger partial charge on any atom is -0.378 e. The van der Waals surface area contributed by atoms with Gasteiger partial charge in [0, 0.05) is 25.5 Å². The fourth-order valence-electron chi connectivity index (χ4n) is 2.15. The molecule has 0 aromatic heterocycles. The zero-order valence-corrected chi connectivity index (χ0v) is 13.1. The van der Waals surface area contributed by atoms with Crippen LogP contribution in [0.15, 0.2) is 42.5 Å². The van der Waals surface area contributed by atoms with E-state index in [1.165, 1.54) is 11.1 Å². The number of nitrogens with zero attached hydrogens (tertiary/aromatic N) is 1. The number of amides is 1. The Morgan fingerprint density at radius 3 is 2.24 bits per heavy atom. The highest BCUT2D eigenvalue weighted by Gasteiger charge is 2.05. The van der Waals surface area contributed by atoms with Crippen LogP contribution in [0.1, 0.15) is 16.7 Å². The van der Waals surface area contributed by atoms with Gasteiger partial charge >= 0.3 is 0 Å². The summed E-state index contributed by atoms with van der Waals surface area (Å²) in [5, 5.41) is 2.93. The molecular formula is C18H22N2O. The van der Waals surface area contributed by atoms with Crippen LogP contribution in [-0.2, 0) is 11.2 Å². The van der Waals surface area contributed by atoms with E-state index in [2.05, 4.69) is 31.3 Å². The highest BCUT2D eigenvalue weighted by atomic mass is 16.1. The van der Waals surface area contributed by atoms with Crippen LogP contribution in [0.4, 0.5) is 11.4 Å². The first kappa shape index (κ1) is 15.1. The van der Waals surface area contributed by atoms with Gasteiger partial charge in [0.25, 0.3) is 0 Å². The number of nitrogens with one attached hydrogen (secondary N) is 1. The zero-order valence-electron chi connectivity index (χ0n) is 13.1. The Bertz CT molecular complexity index is 630. The first-order valence-electron chi connectivity index (χ1n) is 7.09. The first-order valence-corrected chi connectivity index (χ1v) is 7.09. The van der Waals surface area contributed by atoms with Crippen molar-refractivity contribution < 1.29 is 4.79 Å². The van der Waals surface area contributed by atoms with Gasteiger partial charge in [0.05, 0.1) is 6.42 Å². The van der Waals surface area contributed by atoms with Crippen molar-refractivity contribution in [2.75, 3.05) is 24.3 Å². The molecule has 3 nitrogen and oxygen atoms in total. The first-order chi connectivity index (χ1) is 9.95. The molecule has 0 fully saturated rings. The van der Waals surface area contributed by atoms with E-state index < -0.39 is 0 Å². The number of aryl methyl sites for hydroxylation is 2. The molecule has 0 aliphatic heterocycles. The number of hydrogen-bond donors (Lipinski definition) is 1. The van der Waals surface area contributed by atoms with Gasteiger partial charge in [-0.05, 0) is 54.8 Å². The monoisotopic (exact) mass is 282 g/mol. The fraction of sp³-hybridized carbons (Fsp3) is 0.278. The molecule has 0 atom stereocenters.